The summed E-state index contributed by atoms with van der Waals surface area (Å²) in [6, 6.07) is 3.11. The molecule has 1 aliphatic carbocycles. The number of hydrogen-bond acceptors (Lipinski definition) is 5. The molecule has 8 heteroatoms. The molecule has 0 unspecified atom stereocenters. The quantitative estimate of drug-likeness (QED) is 0.848. The zero-order valence-corrected chi connectivity index (χ0v) is 14.1. The first-order chi connectivity index (χ1) is 10.8. The van der Waals surface area contributed by atoms with E-state index in [1.807, 2.05) is 0 Å². The number of aromatic nitrogens is 1. The molecule has 2 rings (SSSR count). The van der Waals surface area contributed by atoms with Gasteiger partial charge in [0, 0.05) is 12.3 Å². The Morgan fingerprint density at radius 2 is 2.00 bits per heavy atom. The number of hydrogen-bond donors (Lipinski definition) is 2. The van der Waals surface area contributed by atoms with Gasteiger partial charge in [-0.3, -0.25) is 0 Å². The molecule has 1 aromatic heterocycles. The van der Waals surface area contributed by atoms with Gasteiger partial charge in [0.25, 0.3) is 0 Å². The molecule has 1 saturated carbocycles. The number of nitrogens with zero attached hydrogens (tertiary/aromatic N) is 1. The summed E-state index contributed by atoms with van der Waals surface area (Å²) in [5.41, 5.74) is 0.550. The van der Waals surface area contributed by atoms with Gasteiger partial charge in [-0.15, -0.1) is 0 Å². The van der Waals surface area contributed by atoms with E-state index in [-0.39, 0.29) is 11.1 Å². The monoisotopic (exact) mass is 342 g/mol. The van der Waals surface area contributed by atoms with Gasteiger partial charge < -0.3 is 15.2 Å². The molecule has 1 heterocycles. The van der Waals surface area contributed by atoms with Crippen molar-refractivity contribution in [3.8, 4) is 5.75 Å². The van der Waals surface area contributed by atoms with E-state index >= 15 is 0 Å². The Morgan fingerprint density at radius 1 is 1.35 bits per heavy atom. The standard InChI is InChI=1S/C15H22N2O5S/c1-10-13(7-8-14(16-10)23(2,20)21)22-9-11-3-5-12(6-4-11)17-15(18)19/h7-8,11-12,17H,3-6,9H2,1-2H3,(H,18,19)/t11-,12-. The lowest BCUT2D eigenvalue weighted by atomic mass is 9.86. The van der Waals surface area contributed by atoms with Crippen LogP contribution in [0.2, 0.25) is 0 Å². The van der Waals surface area contributed by atoms with Gasteiger partial charge in [-0.25, -0.2) is 18.2 Å². The number of amides is 1. The highest BCUT2D eigenvalue weighted by Gasteiger charge is 2.23. The van der Waals surface area contributed by atoms with Crippen LogP contribution in [0.1, 0.15) is 31.4 Å². The summed E-state index contributed by atoms with van der Waals surface area (Å²) in [5, 5.41) is 11.3. The Hall–Kier alpha value is -1.83. The molecule has 128 valence electrons. The molecule has 0 aliphatic heterocycles. The highest BCUT2D eigenvalue weighted by atomic mass is 32.2. The second kappa shape index (κ2) is 7.16. The van der Waals surface area contributed by atoms with Gasteiger partial charge in [-0.1, -0.05) is 0 Å². The van der Waals surface area contributed by atoms with Gasteiger partial charge in [0.15, 0.2) is 14.9 Å². The maximum Gasteiger partial charge on any atom is 0.404 e. The second-order valence-electron chi connectivity index (χ2n) is 5.98. The van der Waals surface area contributed by atoms with Crippen molar-refractivity contribution >= 4 is 15.9 Å². The number of ether oxygens (including phenoxy) is 1. The fourth-order valence-corrected chi connectivity index (χ4v) is 3.36. The summed E-state index contributed by atoms with van der Waals surface area (Å²) in [6.45, 7) is 2.25. The molecule has 2 N–H and O–H groups in total. The van der Waals surface area contributed by atoms with Gasteiger partial charge in [-0.05, 0) is 50.7 Å². The van der Waals surface area contributed by atoms with Crippen molar-refractivity contribution in [2.75, 3.05) is 12.9 Å². The van der Waals surface area contributed by atoms with Crippen LogP contribution in [0.25, 0.3) is 0 Å². The lowest BCUT2D eigenvalue weighted by Gasteiger charge is -2.28. The summed E-state index contributed by atoms with van der Waals surface area (Å²) in [5.74, 6) is 0.957. The minimum Gasteiger partial charge on any atom is -0.491 e. The van der Waals surface area contributed by atoms with E-state index in [1.165, 1.54) is 6.07 Å². The first kappa shape index (κ1) is 17.5. The van der Waals surface area contributed by atoms with Gasteiger partial charge in [0.05, 0.1) is 12.3 Å². The minimum absolute atomic E-state index is 0.0289. The van der Waals surface area contributed by atoms with Crippen molar-refractivity contribution < 1.29 is 23.1 Å². The summed E-state index contributed by atoms with van der Waals surface area (Å²) < 4.78 is 28.7. The van der Waals surface area contributed by atoms with Crippen molar-refractivity contribution in [2.24, 2.45) is 5.92 Å². The molecule has 0 bridgehead atoms. The topological polar surface area (TPSA) is 106 Å². The molecule has 0 atom stereocenters. The molecule has 1 amide bonds. The Morgan fingerprint density at radius 3 is 2.52 bits per heavy atom. The van der Waals surface area contributed by atoms with Crippen LogP contribution in [-0.4, -0.2) is 43.5 Å². The van der Waals surface area contributed by atoms with Crippen molar-refractivity contribution in [3.63, 3.8) is 0 Å². The third-order valence-corrected chi connectivity index (χ3v) is 5.03. The van der Waals surface area contributed by atoms with Crippen LogP contribution in [0.5, 0.6) is 5.75 Å². The van der Waals surface area contributed by atoms with E-state index in [1.54, 1.807) is 13.0 Å². The Labute approximate surface area is 136 Å². The number of nitrogens with one attached hydrogen (secondary N) is 1. The molecular formula is C15H22N2O5S. The van der Waals surface area contributed by atoms with Gasteiger partial charge in [0.1, 0.15) is 5.75 Å². The normalized spacial score (nSPS) is 21.7. The smallest absolute Gasteiger partial charge is 0.404 e. The van der Waals surface area contributed by atoms with Crippen LogP contribution in [0, 0.1) is 12.8 Å². The molecule has 1 aromatic rings. The second-order valence-corrected chi connectivity index (χ2v) is 7.95. The highest BCUT2D eigenvalue weighted by Crippen LogP contribution is 2.26. The molecule has 1 fully saturated rings. The largest absolute Gasteiger partial charge is 0.491 e. The summed E-state index contributed by atoms with van der Waals surface area (Å²) in [6.07, 6.45) is 3.57. The molecule has 23 heavy (non-hydrogen) atoms. The summed E-state index contributed by atoms with van der Waals surface area (Å²) in [4.78, 5) is 14.7. The van der Waals surface area contributed by atoms with Crippen LogP contribution in [0.15, 0.2) is 17.2 Å². The third kappa shape index (κ3) is 5.09. The number of sulfone groups is 1. The fraction of sp³-hybridized carbons (Fsp3) is 0.600. The number of pyridine rings is 1. The van der Waals surface area contributed by atoms with E-state index in [2.05, 4.69) is 10.3 Å². The van der Waals surface area contributed by atoms with Crippen LogP contribution < -0.4 is 10.1 Å². The van der Waals surface area contributed by atoms with Crippen molar-refractivity contribution in [2.45, 2.75) is 43.7 Å². The number of rotatable bonds is 5. The fourth-order valence-electron chi connectivity index (χ4n) is 2.74. The van der Waals surface area contributed by atoms with E-state index < -0.39 is 15.9 Å². The molecule has 1 aliphatic rings. The van der Waals surface area contributed by atoms with Gasteiger partial charge in [0.2, 0.25) is 0 Å². The van der Waals surface area contributed by atoms with Crippen molar-refractivity contribution in [1.82, 2.24) is 10.3 Å². The summed E-state index contributed by atoms with van der Waals surface area (Å²) >= 11 is 0. The van der Waals surface area contributed by atoms with Crippen LogP contribution >= 0.6 is 0 Å². The van der Waals surface area contributed by atoms with Crippen molar-refractivity contribution in [3.05, 3.63) is 17.8 Å². The Balaban J connectivity index is 1.86. The number of carbonyl (C=O) groups is 1. The van der Waals surface area contributed by atoms with E-state index in [0.29, 0.717) is 24.0 Å². The SMILES string of the molecule is Cc1nc(S(C)(=O)=O)ccc1OC[C@H]1CC[C@H](NC(=O)O)CC1. The number of aryl methyl sites for hydroxylation is 1. The third-order valence-electron chi connectivity index (χ3n) is 4.04. The van der Waals surface area contributed by atoms with Crippen LogP contribution in [0.4, 0.5) is 4.79 Å². The highest BCUT2D eigenvalue weighted by molar-refractivity contribution is 7.90. The molecule has 0 aromatic carbocycles. The van der Waals surface area contributed by atoms with Crippen LogP contribution in [-0.2, 0) is 9.84 Å². The molecular weight excluding hydrogens is 320 g/mol. The average molecular weight is 342 g/mol. The minimum atomic E-state index is -3.32. The zero-order chi connectivity index (χ0) is 17.0. The predicted molar refractivity (Wildman–Crippen MR) is 84.5 cm³/mol. The number of carboxylic acid groups (broad SMARTS) is 1. The predicted octanol–water partition coefficient (Wildman–Crippen LogP) is 2.00. The molecule has 0 saturated heterocycles. The summed E-state index contributed by atoms with van der Waals surface area (Å²) in [7, 11) is -3.32. The molecule has 0 radical (unpaired) electrons. The maximum absolute atomic E-state index is 11.5. The Kier molecular flexibility index (Phi) is 5.46. The lowest BCUT2D eigenvalue weighted by molar-refractivity contribution is 0.169. The van der Waals surface area contributed by atoms with Gasteiger partial charge in [-0.2, -0.15) is 0 Å². The van der Waals surface area contributed by atoms with Crippen molar-refractivity contribution in [1.29, 1.82) is 0 Å². The van der Waals surface area contributed by atoms with Gasteiger partial charge >= 0.3 is 6.09 Å². The van der Waals surface area contributed by atoms with E-state index in [9.17, 15) is 13.2 Å². The Bertz CT molecular complexity index is 666. The zero-order valence-electron chi connectivity index (χ0n) is 13.3. The maximum atomic E-state index is 11.5. The molecule has 7 nitrogen and oxygen atoms in total. The lowest BCUT2D eigenvalue weighted by Crippen LogP contribution is -2.37. The first-order valence-electron chi connectivity index (χ1n) is 7.55. The molecule has 0 spiro atoms. The average Bonchev–Trinajstić information content (AvgIpc) is 2.46. The van der Waals surface area contributed by atoms with Crippen LogP contribution in [0.3, 0.4) is 0 Å². The van der Waals surface area contributed by atoms with E-state index in [4.69, 9.17) is 9.84 Å². The first-order valence-corrected chi connectivity index (χ1v) is 9.45. The van der Waals surface area contributed by atoms with E-state index in [0.717, 1.165) is 31.9 Å².